The Morgan fingerprint density at radius 2 is 1.87 bits per heavy atom. The van der Waals surface area contributed by atoms with Gasteiger partial charge in [-0.2, -0.15) is 0 Å². The van der Waals surface area contributed by atoms with Gasteiger partial charge in [0.2, 0.25) is 5.91 Å². The van der Waals surface area contributed by atoms with Crippen LogP contribution in [0.4, 0.5) is 0 Å². The summed E-state index contributed by atoms with van der Waals surface area (Å²) >= 11 is 3.43. The SMILES string of the molecule is CCCNC(=O)CCNC(=NC)N(C)Cc1ccc(Br)cc1.I. The van der Waals surface area contributed by atoms with Crippen molar-refractivity contribution in [2.24, 2.45) is 4.99 Å². The van der Waals surface area contributed by atoms with Crippen LogP contribution in [0.25, 0.3) is 0 Å². The quantitative estimate of drug-likeness (QED) is 0.346. The lowest BCUT2D eigenvalue weighted by molar-refractivity contribution is -0.120. The third-order valence-corrected chi connectivity index (χ3v) is 3.64. The zero-order valence-corrected chi connectivity index (χ0v) is 17.9. The molecule has 0 aliphatic heterocycles. The Labute approximate surface area is 164 Å². The maximum Gasteiger partial charge on any atom is 0.221 e. The second kappa shape index (κ2) is 12.6. The van der Waals surface area contributed by atoms with Crippen LogP contribution < -0.4 is 10.6 Å². The number of rotatable bonds is 7. The first-order chi connectivity index (χ1) is 10.6. The van der Waals surface area contributed by atoms with E-state index in [0.717, 1.165) is 29.9 Å². The van der Waals surface area contributed by atoms with Gasteiger partial charge in [-0.15, -0.1) is 24.0 Å². The van der Waals surface area contributed by atoms with Gasteiger partial charge in [0.25, 0.3) is 0 Å². The number of hydrogen-bond acceptors (Lipinski definition) is 2. The molecule has 0 bridgehead atoms. The van der Waals surface area contributed by atoms with Crippen LogP contribution in [0, 0.1) is 0 Å². The monoisotopic (exact) mass is 496 g/mol. The van der Waals surface area contributed by atoms with Crippen molar-refractivity contribution in [3.63, 3.8) is 0 Å². The summed E-state index contributed by atoms with van der Waals surface area (Å²) in [5.74, 6) is 0.853. The minimum absolute atomic E-state index is 0. The van der Waals surface area contributed by atoms with E-state index >= 15 is 0 Å². The molecule has 130 valence electrons. The molecule has 23 heavy (non-hydrogen) atoms. The van der Waals surface area contributed by atoms with E-state index in [1.54, 1.807) is 7.05 Å². The number of amides is 1. The van der Waals surface area contributed by atoms with Crippen LogP contribution in [-0.4, -0.2) is 44.0 Å². The molecule has 7 heteroatoms. The van der Waals surface area contributed by atoms with E-state index in [1.807, 2.05) is 31.0 Å². The van der Waals surface area contributed by atoms with Crippen LogP contribution in [0.15, 0.2) is 33.7 Å². The largest absolute Gasteiger partial charge is 0.356 e. The number of guanidine groups is 1. The standard InChI is InChI=1S/C16H25BrN4O.HI/c1-4-10-19-15(22)9-11-20-16(18-2)21(3)12-13-5-7-14(17)8-6-13;/h5-8H,4,9-12H2,1-3H3,(H,18,20)(H,19,22);1H. The van der Waals surface area contributed by atoms with Crippen LogP contribution in [-0.2, 0) is 11.3 Å². The molecule has 0 fully saturated rings. The number of aliphatic imine (C=N–C) groups is 1. The molecule has 1 aromatic carbocycles. The molecule has 1 rings (SSSR count). The third-order valence-electron chi connectivity index (χ3n) is 3.11. The molecule has 0 heterocycles. The van der Waals surface area contributed by atoms with Gasteiger partial charge in [-0.25, -0.2) is 0 Å². The van der Waals surface area contributed by atoms with Gasteiger partial charge in [-0.3, -0.25) is 9.79 Å². The predicted octanol–water partition coefficient (Wildman–Crippen LogP) is 2.99. The van der Waals surface area contributed by atoms with Crippen LogP contribution in [0.1, 0.15) is 25.3 Å². The van der Waals surface area contributed by atoms with Gasteiger partial charge < -0.3 is 15.5 Å². The van der Waals surface area contributed by atoms with Crippen molar-refractivity contribution < 1.29 is 4.79 Å². The zero-order valence-electron chi connectivity index (χ0n) is 13.9. The molecule has 1 amide bonds. The number of carbonyl (C=O) groups is 1. The van der Waals surface area contributed by atoms with Gasteiger partial charge >= 0.3 is 0 Å². The summed E-state index contributed by atoms with van der Waals surface area (Å²) in [7, 11) is 3.73. The highest BCUT2D eigenvalue weighted by Gasteiger charge is 2.07. The molecule has 2 N–H and O–H groups in total. The van der Waals surface area contributed by atoms with Crippen molar-refractivity contribution in [2.75, 3.05) is 27.2 Å². The summed E-state index contributed by atoms with van der Waals surface area (Å²) in [6, 6.07) is 8.20. The summed E-state index contributed by atoms with van der Waals surface area (Å²) in [6.07, 6.45) is 1.40. The first-order valence-electron chi connectivity index (χ1n) is 7.49. The van der Waals surface area contributed by atoms with E-state index in [9.17, 15) is 4.79 Å². The number of benzene rings is 1. The summed E-state index contributed by atoms with van der Waals surface area (Å²) in [5.41, 5.74) is 1.20. The Morgan fingerprint density at radius 1 is 1.22 bits per heavy atom. The van der Waals surface area contributed by atoms with Crippen molar-refractivity contribution in [3.05, 3.63) is 34.3 Å². The number of nitrogens with one attached hydrogen (secondary N) is 2. The lowest BCUT2D eigenvalue weighted by Crippen LogP contribution is -2.40. The van der Waals surface area contributed by atoms with E-state index in [-0.39, 0.29) is 29.9 Å². The highest BCUT2D eigenvalue weighted by molar-refractivity contribution is 14.0. The average molecular weight is 497 g/mol. The van der Waals surface area contributed by atoms with Crippen molar-refractivity contribution in [3.8, 4) is 0 Å². The van der Waals surface area contributed by atoms with Crippen molar-refractivity contribution in [2.45, 2.75) is 26.3 Å². The molecule has 0 radical (unpaired) electrons. The summed E-state index contributed by atoms with van der Waals surface area (Å²) < 4.78 is 1.07. The topological polar surface area (TPSA) is 56.7 Å². The molecule has 0 saturated carbocycles. The molecule has 0 aromatic heterocycles. The number of carbonyl (C=O) groups excluding carboxylic acids is 1. The Balaban J connectivity index is 0.00000484. The average Bonchev–Trinajstić information content (AvgIpc) is 2.51. The van der Waals surface area contributed by atoms with Crippen LogP contribution in [0.3, 0.4) is 0 Å². The normalized spacial score (nSPS) is 10.7. The molecule has 0 unspecified atom stereocenters. The van der Waals surface area contributed by atoms with E-state index in [2.05, 4.69) is 43.7 Å². The lowest BCUT2D eigenvalue weighted by atomic mass is 10.2. The minimum Gasteiger partial charge on any atom is -0.356 e. The van der Waals surface area contributed by atoms with Gasteiger partial charge in [-0.1, -0.05) is 35.0 Å². The van der Waals surface area contributed by atoms with Crippen molar-refractivity contribution >= 4 is 51.8 Å². The molecule has 0 aliphatic rings. The summed E-state index contributed by atoms with van der Waals surface area (Å²) in [5, 5.41) is 6.08. The van der Waals surface area contributed by atoms with Crippen LogP contribution in [0.2, 0.25) is 0 Å². The van der Waals surface area contributed by atoms with E-state index in [1.165, 1.54) is 5.56 Å². The molecule has 0 atom stereocenters. The summed E-state index contributed by atoms with van der Waals surface area (Å²) in [6.45, 7) is 4.11. The van der Waals surface area contributed by atoms with Gasteiger partial charge in [0, 0.05) is 44.6 Å². The fraction of sp³-hybridized carbons (Fsp3) is 0.500. The molecule has 0 saturated heterocycles. The molecular formula is C16H26BrIN4O. The van der Waals surface area contributed by atoms with Gasteiger partial charge in [-0.05, 0) is 24.1 Å². The van der Waals surface area contributed by atoms with Gasteiger partial charge in [0.05, 0.1) is 0 Å². The van der Waals surface area contributed by atoms with Crippen molar-refractivity contribution in [1.29, 1.82) is 0 Å². The maximum absolute atomic E-state index is 11.6. The smallest absolute Gasteiger partial charge is 0.221 e. The molecule has 1 aromatic rings. The fourth-order valence-corrected chi connectivity index (χ4v) is 2.23. The highest BCUT2D eigenvalue weighted by Crippen LogP contribution is 2.11. The van der Waals surface area contributed by atoms with Crippen LogP contribution in [0.5, 0.6) is 0 Å². The molecular weight excluding hydrogens is 471 g/mol. The van der Waals surface area contributed by atoms with Crippen molar-refractivity contribution in [1.82, 2.24) is 15.5 Å². The minimum atomic E-state index is 0. The second-order valence-corrected chi connectivity index (χ2v) is 5.97. The number of halogens is 2. The fourth-order valence-electron chi connectivity index (χ4n) is 1.96. The zero-order chi connectivity index (χ0) is 16.4. The lowest BCUT2D eigenvalue weighted by Gasteiger charge is -2.22. The van der Waals surface area contributed by atoms with E-state index in [4.69, 9.17) is 0 Å². The second-order valence-electron chi connectivity index (χ2n) is 5.06. The molecule has 5 nitrogen and oxygen atoms in total. The van der Waals surface area contributed by atoms with E-state index in [0.29, 0.717) is 13.0 Å². The number of hydrogen-bond donors (Lipinski definition) is 2. The van der Waals surface area contributed by atoms with E-state index < -0.39 is 0 Å². The Morgan fingerprint density at radius 3 is 2.43 bits per heavy atom. The van der Waals surface area contributed by atoms with Crippen LogP contribution >= 0.6 is 39.9 Å². The molecule has 0 aliphatic carbocycles. The molecule has 0 spiro atoms. The predicted molar refractivity (Wildman–Crippen MR) is 110 cm³/mol. The third kappa shape index (κ3) is 9.14. The summed E-state index contributed by atoms with van der Waals surface area (Å²) in [4.78, 5) is 17.8. The Bertz CT molecular complexity index is 493. The van der Waals surface area contributed by atoms with Gasteiger partial charge in [0.1, 0.15) is 0 Å². The Hall–Kier alpha value is -0.830. The maximum atomic E-state index is 11.6. The van der Waals surface area contributed by atoms with Gasteiger partial charge in [0.15, 0.2) is 5.96 Å². The first kappa shape index (κ1) is 22.2. The highest BCUT2D eigenvalue weighted by atomic mass is 127. The first-order valence-corrected chi connectivity index (χ1v) is 8.29. The number of nitrogens with zero attached hydrogens (tertiary/aromatic N) is 2. The Kier molecular flexibility index (Phi) is 12.1.